The first-order chi connectivity index (χ1) is 10.3. The van der Waals surface area contributed by atoms with Crippen molar-refractivity contribution in [2.24, 2.45) is 0 Å². The van der Waals surface area contributed by atoms with E-state index in [-0.39, 0.29) is 0 Å². The smallest absolute Gasteiger partial charge is 0.116 e. The van der Waals surface area contributed by atoms with Crippen molar-refractivity contribution < 1.29 is 0 Å². The number of nitrogens with zero attached hydrogens (tertiary/aromatic N) is 3. The third kappa shape index (κ3) is 2.54. The van der Waals surface area contributed by atoms with Crippen molar-refractivity contribution in [1.82, 2.24) is 9.97 Å². The van der Waals surface area contributed by atoms with Crippen molar-refractivity contribution in [1.29, 1.82) is 5.26 Å². The molecule has 0 spiro atoms. The highest BCUT2D eigenvalue weighted by molar-refractivity contribution is 7.98. The first-order valence-electron chi connectivity index (χ1n) is 6.37. The van der Waals surface area contributed by atoms with Gasteiger partial charge in [-0.1, -0.05) is 18.2 Å². The molecule has 0 saturated carbocycles. The summed E-state index contributed by atoms with van der Waals surface area (Å²) >= 11 is 1.47. The summed E-state index contributed by atoms with van der Waals surface area (Å²) in [5.41, 5.74) is 3.05. The molecule has 0 aliphatic rings. The number of benzene rings is 1. The SMILES string of the molecule is CSc1nc2ccccc2c(Nc2cccnc2)c1C#N. The van der Waals surface area contributed by atoms with Gasteiger partial charge in [-0.15, -0.1) is 11.8 Å². The van der Waals surface area contributed by atoms with Gasteiger partial charge in [0.2, 0.25) is 0 Å². The van der Waals surface area contributed by atoms with Crippen LogP contribution in [-0.2, 0) is 0 Å². The summed E-state index contributed by atoms with van der Waals surface area (Å²) in [4.78, 5) is 8.64. The predicted molar refractivity (Wildman–Crippen MR) is 85.8 cm³/mol. The zero-order valence-electron chi connectivity index (χ0n) is 11.4. The Morgan fingerprint density at radius 3 is 2.76 bits per heavy atom. The predicted octanol–water partition coefficient (Wildman–Crippen LogP) is 3.97. The molecule has 2 aromatic heterocycles. The van der Waals surface area contributed by atoms with E-state index in [1.54, 1.807) is 12.4 Å². The lowest BCUT2D eigenvalue weighted by Gasteiger charge is -2.13. The quantitative estimate of drug-likeness (QED) is 0.740. The van der Waals surface area contributed by atoms with Crippen molar-refractivity contribution in [2.75, 3.05) is 11.6 Å². The Balaban J connectivity index is 2.25. The fraction of sp³-hybridized carbons (Fsp3) is 0.0625. The van der Waals surface area contributed by atoms with Crippen LogP contribution >= 0.6 is 11.8 Å². The summed E-state index contributed by atoms with van der Waals surface area (Å²) in [5, 5.41) is 14.5. The number of hydrogen-bond acceptors (Lipinski definition) is 5. The lowest BCUT2D eigenvalue weighted by Crippen LogP contribution is -1.99. The number of anilines is 2. The van der Waals surface area contributed by atoms with Gasteiger partial charge in [0, 0.05) is 11.6 Å². The van der Waals surface area contributed by atoms with E-state index in [9.17, 15) is 5.26 Å². The highest BCUT2D eigenvalue weighted by atomic mass is 32.2. The third-order valence-corrected chi connectivity index (χ3v) is 3.78. The van der Waals surface area contributed by atoms with Gasteiger partial charge in [-0.05, 0) is 24.5 Å². The zero-order chi connectivity index (χ0) is 14.7. The summed E-state index contributed by atoms with van der Waals surface area (Å²) in [6, 6.07) is 13.8. The average Bonchev–Trinajstić information content (AvgIpc) is 2.55. The lowest BCUT2D eigenvalue weighted by atomic mass is 10.1. The van der Waals surface area contributed by atoms with E-state index in [0.717, 1.165) is 27.3 Å². The Kier molecular flexibility index (Phi) is 3.71. The molecule has 3 rings (SSSR count). The van der Waals surface area contributed by atoms with Gasteiger partial charge in [0.05, 0.1) is 23.1 Å². The van der Waals surface area contributed by atoms with Gasteiger partial charge in [-0.3, -0.25) is 4.98 Å². The Hall–Kier alpha value is -2.58. The van der Waals surface area contributed by atoms with Gasteiger partial charge in [0.1, 0.15) is 16.7 Å². The average molecular weight is 292 g/mol. The molecule has 0 amide bonds. The number of aromatic nitrogens is 2. The minimum Gasteiger partial charge on any atom is -0.353 e. The summed E-state index contributed by atoms with van der Waals surface area (Å²) in [5.74, 6) is 0. The minimum atomic E-state index is 0.560. The maximum Gasteiger partial charge on any atom is 0.116 e. The molecular formula is C16H12N4S. The number of nitriles is 1. The van der Waals surface area contributed by atoms with Gasteiger partial charge in [0.25, 0.3) is 0 Å². The fourth-order valence-electron chi connectivity index (χ4n) is 2.15. The molecule has 0 saturated heterocycles. The molecule has 2 heterocycles. The van der Waals surface area contributed by atoms with Crippen LogP contribution in [-0.4, -0.2) is 16.2 Å². The molecule has 1 aromatic carbocycles. The van der Waals surface area contributed by atoms with Gasteiger partial charge in [-0.2, -0.15) is 5.26 Å². The number of rotatable bonds is 3. The highest BCUT2D eigenvalue weighted by Gasteiger charge is 2.14. The molecule has 0 radical (unpaired) electrons. The van der Waals surface area contributed by atoms with E-state index in [4.69, 9.17) is 0 Å². The molecule has 3 aromatic rings. The lowest BCUT2D eigenvalue weighted by molar-refractivity contribution is 1.16. The number of nitrogens with one attached hydrogen (secondary N) is 1. The summed E-state index contributed by atoms with van der Waals surface area (Å²) in [7, 11) is 0. The fourth-order valence-corrected chi connectivity index (χ4v) is 2.69. The Morgan fingerprint density at radius 1 is 1.19 bits per heavy atom. The molecule has 4 nitrogen and oxygen atoms in total. The normalized spacial score (nSPS) is 10.3. The van der Waals surface area contributed by atoms with Crippen LogP contribution in [0.25, 0.3) is 10.9 Å². The van der Waals surface area contributed by atoms with Gasteiger partial charge in [0.15, 0.2) is 0 Å². The van der Waals surface area contributed by atoms with Crippen LogP contribution < -0.4 is 5.32 Å². The van der Waals surface area contributed by atoms with E-state index >= 15 is 0 Å². The van der Waals surface area contributed by atoms with Crippen LogP contribution in [0.4, 0.5) is 11.4 Å². The summed E-state index contributed by atoms with van der Waals surface area (Å²) in [6.45, 7) is 0. The van der Waals surface area contributed by atoms with Crippen molar-refractivity contribution >= 4 is 34.0 Å². The molecule has 0 fully saturated rings. The minimum absolute atomic E-state index is 0.560. The molecule has 1 N–H and O–H groups in total. The van der Waals surface area contributed by atoms with Gasteiger partial charge in [-0.25, -0.2) is 4.98 Å². The summed E-state index contributed by atoms with van der Waals surface area (Å²) < 4.78 is 0. The largest absolute Gasteiger partial charge is 0.353 e. The van der Waals surface area contributed by atoms with E-state index in [1.165, 1.54) is 11.8 Å². The van der Waals surface area contributed by atoms with Crippen LogP contribution in [0.5, 0.6) is 0 Å². The van der Waals surface area contributed by atoms with E-state index in [1.807, 2.05) is 42.7 Å². The molecule has 0 unspecified atom stereocenters. The number of hydrogen-bond donors (Lipinski definition) is 1. The van der Waals surface area contributed by atoms with Crippen molar-refractivity contribution in [3.8, 4) is 6.07 Å². The van der Waals surface area contributed by atoms with E-state index in [2.05, 4.69) is 21.4 Å². The first-order valence-corrected chi connectivity index (χ1v) is 7.60. The molecule has 102 valence electrons. The summed E-state index contributed by atoms with van der Waals surface area (Å²) in [6.07, 6.45) is 5.37. The van der Waals surface area contributed by atoms with Crippen LogP contribution in [0.15, 0.2) is 53.8 Å². The number of pyridine rings is 2. The van der Waals surface area contributed by atoms with Crippen LogP contribution in [0.1, 0.15) is 5.56 Å². The molecule has 0 bridgehead atoms. The topological polar surface area (TPSA) is 61.6 Å². The standard InChI is InChI=1S/C16H12N4S/c1-21-16-13(9-17)15(19-11-5-4-8-18-10-11)12-6-2-3-7-14(12)20-16/h2-8,10H,1H3,(H,19,20). The van der Waals surface area contributed by atoms with Crippen LogP contribution in [0, 0.1) is 11.3 Å². The van der Waals surface area contributed by atoms with Crippen molar-refractivity contribution in [3.63, 3.8) is 0 Å². The number of para-hydroxylation sites is 1. The molecule has 21 heavy (non-hydrogen) atoms. The maximum absolute atomic E-state index is 9.51. The third-order valence-electron chi connectivity index (χ3n) is 3.10. The first kappa shape index (κ1) is 13.4. The number of thioether (sulfide) groups is 1. The van der Waals surface area contributed by atoms with Gasteiger partial charge >= 0.3 is 0 Å². The maximum atomic E-state index is 9.51. The van der Waals surface area contributed by atoms with Crippen LogP contribution in [0.3, 0.4) is 0 Å². The Labute approximate surface area is 126 Å². The highest BCUT2D eigenvalue weighted by Crippen LogP contribution is 2.33. The van der Waals surface area contributed by atoms with E-state index < -0.39 is 0 Å². The monoisotopic (exact) mass is 292 g/mol. The number of fused-ring (bicyclic) bond motifs is 1. The Bertz CT molecular complexity index is 825. The second-order valence-corrected chi connectivity index (χ2v) is 5.16. The molecule has 0 aliphatic carbocycles. The van der Waals surface area contributed by atoms with E-state index in [0.29, 0.717) is 5.56 Å². The molecule has 0 aliphatic heterocycles. The zero-order valence-corrected chi connectivity index (χ0v) is 12.2. The van der Waals surface area contributed by atoms with Crippen LogP contribution in [0.2, 0.25) is 0 Å². The Morgan fingerprint density at radius 2 is 2.05 bits per heavy atom. The molecular weight excluding hydrogens is 280 g/mol. The second-order valence-electron chi connectivity index (χ2n) is 4.37. The van der Waals surface area contributed by atoms with Gasteiger partial charge < -0.3 is 5.32 Å². The van der Waals surface area contributed by atoms with Crippen molar-refractivity contribution in [3.05, 3.63) is 54.4 Å². The van der Waals surface area contributed by atoms with Crippen molar-refractivity contribution in [2.45, 2.75) is 5.03 Å². The molecule has 0 atom stereocenters. The molecule has 5 heteroatoms. The second kappa shape index (κ2) is 5.81.